The average Bonchev–Trinajstić information content (AvgIpc) is 2.70. The molecule has 0 aliphatic carbocycles. The minimum Gasteiger partial charge on any atom is -0.495 e. The zero-order valence-electron chi connectivity index (χ0n) is 17.6. The zero-order chi connectivity index (χ0) is 22.4. The lowest BCUT2D eigenvalue weighted by Crippen LogP contribution is -2.36. The lowest BCUT2D eigenvalue weighted by molar-refractivity contribution is -0.152. The van der Waals surface area contributed by atoms with E-state index in [4.69, 9.17) is 21.1 Å². The summed E-state index contributed by atoms with van der Waals surface area (Å²) in [4.78, 5) is 36.6. The van der Waals surface area contributed by atoms with Gasteiger partial charge in [0.15, 0.2) is 6.10 Å². The van der Waals surface area contributed by atoms with Crippen LogP contribution in [0.3, 0.4) is 0 Å². The highest BCUT2D eigenvalue weighted by atomic mass is 35.5. The van der Waals surface area contributed by atoms with E-state index in [2.05, 4.69) is 10.6 Å². The molecule has 0 spiro atoms. The second kappa shape index (κ2) is 10.1. The first-order valence-corrected chi connectivity index (χ1v) is 9.70. The molecule has 2 aromatic carbocycles. The van der Waals surface area contributed by atoms with Gasteiger partial charge in [0, 0.05) is 16.7 Å². The van der Waals surface area contributed by atoms with E-state index in [1.807, 2.05) is 19.9 Å². The van der Waals surface area contributed by atoms with Crippen molar-refractivity contribution in [2.24, 2.45) is 0 Å². The highest BCUT2D eigenvalue weighted by molar-refractivity contribution is 6.31. The summed E-state index contributed by atoms with van der Waals surface area (Å²) < 4.78 is 10.3. The quantitative estimate of drug-likeness (QED) is 0.652. The summed E-state index contributed by atoms with van der Waals surface area (Å²) in [6, 6.07) is 8.51. The van der Waals surface area contributed by atoms with Gasteiger partial charge in [0.05, 0.1) is 12.8 Å². The summed E-state index contributed by atoms with van der Waals surface area (Å²) in [6.45, 7) is 6.72. The number of anilines is 1. The number of esters is 1. The first-order valence-electron chi connectivity index (χ1n) is 9.32. The zero-order valence-corrected chi connectivity index (χ0v) is 18.3. The van der Waals surface area contributed by atoms with E-state index < -0.39 is 23.9 Å². The Kier molecular flexibility index (Phi) is 7.83. The number of ether oxygens (including phenoxy) is 2. The molecule has 8 heteroatoms. The Labute approximate surface area is 180 Å². The summed E-state index contributed by atoms with van der Waals surface area (Å²) >= 11 is 6.06. The Balaban J connectivity index is 1.90. The number of halogens is 1. The van der Waals surface area contributed by atoms with E-state index in [-0.39, 0.29) is 6.54 Å². The van der Waals surface area contributed by atoms with E-state index >= 15 is 0 Å². The first kappa shape index (κ1) is 23.2. The third-order valence-corrected chi connectivity index (χ3v) is 4.99. The van der Waals surface area contributed by atoms with Crippen molar-refractivity contribution in [1.82, 2.24) is 5.32 Å². The van der Waals surface area contributed by atoms with E-state index in [0.717, 1.165) is 16.7 Å². The van der Waals surface area contributed by atoms with Crippen molar-refractivity contribution in [3.8, 4) is 5.75 Å². The molecule has 2 rings (SSSR count). The molecule has 0 fully saturated rings. The maximum absolute atomic E-state index is 12.4. The molecule has 2 N–H and O–H groups in total. The molecule has 1 atom stereocenters. The molecule has 0 heterocycles. The number of carbonyl (C=O) groups excluding carboxylic acids is 3. The second-order valence-electron chi connectivity index (χ2n) is 6.90. The number of methoxy groups -OCH3 is 1. The summed E-state index contributed by atoms with van der Waals surface area (Å²) in [5.74, 6) is -1.27. The van der Waals surface area contributed by atoms with Gasteiger partial charge < -0.3 is 20.1 Å². The van der Waals surface area contributed by atoms with Crippen LogP contribution < -0.4 is 15.4 Å². The van der Waals surface area contributed by atoms with E-state index in [1.165, 1.54) is 14.0 Å². The number of amides is 2. The molecule has 0 aliphatic rings. The SMILES string of the molecule is COc1cc(Cl)c(C)cc1NC(=O)C(C)OC(=O)CNC(=O)c1ccc(C)c(C)c1. The van der Waals surface area contributed by atoms with Gasteiger partial charge in [-0.2, -0.15) is 0 Å². The summed E-state index contributed by atoms with van der Waals surface area (Å²) in [5, 5.41) is 5.64. The van der Waals surface area contributed by atoms with Gasteiger partial charge in [-0.1, -0.05) is 17.7 Å². The average molecular weight is 433 g/mol. The van der Waals surface area contributed by atoms with Gasteiger partial charge in [-0.05, 0) is 62.6 Å². The van der Waals surface area contributed by atoms with Gasteiger partial charge in [0.25, 0.3) is 11.8 Å². The molecule has 7 nitrogen and oxygen atoms in total. The van der Waals surface area contributed by atoms with Crippen LogP contribution in [0.5, 0.6) is 5.75 Å². The van der Waals surface area contributed by atoms with Crippen molar-refractivity contribution in [1.29, 1.82) is 0 Å². The smallest absolute Gasteiger partial charge is 0.326 e. The molecule has 0 saturated heterocycles. The van der Waals surface area contributed by atoms with Crippen molar-refractivity contribution in [3.05, 3.63) is 57.6 Å². The third-order valence-electron chi connectivity index (χ3n) is 4.58. The minimum absolute atomic E-state index is 0.354. The maximum Gasteiger partial charge on any atom is 0.326 e. The van der Waals surface area contributed by atoms with Gasteiger partial charge in [-0.25, -0.2) is 0 Å². The molecule has 0 aromatic heterocycles. The fourth-order valence-corrected chi connectivity index (χ4v) is 2.75. The summed E-state index contributed by atoms with van der Waals surface area (Å²) in [5.41, 5.74) is 3.66. The van der Waals surface area contributed by atoms with Crippen LogP contribution in [0, 0.1) is 20.8 Å². The van der Waals surface area contributed by atoms with Crippen LogP contribution >= 0.6 is 11.6 Å². The molecule has 2 amide bonds. The van der Waals surface area contributed by atoms with E-state index in [9.17, 15) is 14.4 Å². The number of benzene rings is 2. The first-order chi connectivity index (χ1) is 14.1. The normalized spacial score (nSPS) is 11.4. The fourth-order valence-electron chi connectivity index (χ4n) is 2.59. The predicted molar refractivity (Wildman–Crippen MR) is 115 cm³/mol. The van der Waals surface area contributed by atoms with Gasteiger partial charge in [0.1, 0.15) is 12.3 Å². The van der Waals surface area contributed by atoms with Gasteiger partial charge in [-0.3, -0.25) is 14.4 Å². The number of aryl methyl sites for hydroxylation is 3. The second-order valence-corrected chi connectivity index (χ2v) is 7.31. The predicted octanol–water partition coefficient (Wildman–Crippen LogP) is 3.57. The number of carbonyl (C=O) groups is 3. The Bertz CT molecular complexity index is 974. The Morgan fingerprint density at radius 3 is 2.37 bits per heavy atom. The highest BCUT2D eigenvalue weighted by Gasteiger charge is 2.20. The lowest BCUT2D eigenvalue weighted by atomic mass is 10.1. The van der Waals surface area contributed by atoms with E-state index in [1.54, 1.807) is 31.2 Å². The topological polar surface area (TPSA) is 93.7 Å². The lowest BCUT2D eigenvalue weighted by Gasteiger charge is -2.16. The Morgan fingerprint density at radius 1 is 1.03 bits per heavy atom. The highest BCUT2D eigenvalue weighted by Crippen LogP contribution is 2.31. The van der Waals surface area contributed by atoms with Crippen LogP contribution in [0.4, 0.5) is 5.69 Å². The number of hydrogen-bond acceptors (Lipinski definition) is 5. The van der Waals surface area contributed by atoms with Crippen molar-refractivity contribution in [2.75, 3.05) is 19.0 Å². The summed E-state index contributed by atoms with van der Waals surface area (Å²) in [6.07, 6.45) is -1.07. The van der Waals surface area contributed by atoms with Crippen LogP contribution in [0.2, 0.25) is 5.02 Å². The van der Waals surface area contributed by atoms with E-state index in [0.29, 0.717) is 22.0 Å². The molecule has 0 saturated carbocycles. The standard InChI is InChI=1S/C22H25ClN2O5/c1-12-6-7-16(8-13(12)2)22(28)24-11-20(26)30-15(4)21(27)25-18-9-14(3)17(23)10-19(18)29-5/h6-10,15H,11H2,1-5H3,(H,24,28)(H,25,27). The molecule has 0 radical (unpaired) electrons. The van der Waals surface area contributed by atoms with Crippen molar-refractivity contribution in [3.63, 3.8) is 0 Å². The molecular formula is C22H25ClN2O5. The fraction of sp³-hybridized carbons (Fsp3) is 0.318. The van der Waals surface area contributed by atoms with Gasteiger partial charge in [0.2, 0.25) is 0 Å². The molecular weight excluding hydrogens is 408 g/mol. The van der Waals surface area contributed by atoms with Crippen LogP contribution in [-0.4, -0.2) is 37.5 Å². The molecule has 30 heavy (non-hydrogen) atoms. The van der Waals surface area contributed by atoms with Crippen LogP contribution in [0.1, 0.15) is 34.0 Å². The largest absolute Gasteiger partial charge is 0.495 e. The molecule has 0 bridgehead atoms. The number of nitrogens with one attached hydrogen (secondary N) is 2. The molecule has 160 valence electrons. The Morgan fingerprint density at radius 2 is 1.73 bits per heavy atom. The van der Waals surface area contributed by atoms with Crippen molar-refractivity contribution >= 4 is 35.1 Å². The van der Waals surface area contributed by atoms with Gasteiger partial charge >= 0.3 is 5.97 Å². The van der Waals surface area contributed by atoms with Crippen LogP contribution in [0.15, 0.2) is 30.3 Å². The Hall–Kier alpha value is -3.06. The monoisotopic (exact) mass is 432 g/mol. The molecule has 2 aromatic rings. The molecule has 0 aliphatic heterocycles. The number of rotatable bonds is 7. The minimum atomic E-state index is -1.07. The van der Waals surface area contributed by atoms with Crippen molar-refractivity contribution < 1.29 is 23.9 Å². The third kappa shape index (κ3) is 5.97. The maximum atomic E-state index is 12.4. The van der Waals surface area contributed by atoms with Crippen molar-refractivity contribution in [2.45, 2.75) is 33.8 Å². The number of hydrogen-bond donors (Lipinski definition) is 2. The summed E-state index contributed by atoms with van der Waals surface area (Å²) in [7, 11) is 1.46. The molecule has 1 unspecified atom stereocenters. The van der Waals surface area contributed by atoms with Crippen LogP contribution in [-0.2, 0) is 14.3 Å². The van der Waals surface area contributed by atoms with Gasteiger partial charge in [-0.15, -0.1) is 0 Å². The van der Waals surface area contributed by atoms with Crippen LogP contribution in [0.25, 0.3) is 0 Å².